The molecule has 1 aromatic carbocycles. The van der Waals surface area contributed by atoms with Crippen LogP contribution in [-0.2, 0) is 0 Å². The van der Waals surface area contributed by atoms with Crippen molar-refractivity contribution < 1.29 is 4.79 Å². The van der Waals surface area contributed by atoms with Crippen molar-refractivity contribution in [2.45, 2.75) is 6.42 Å². The molecule has 1 aromatic rings. The molecule has 0 saturated carbocycles. The Kier molecular flexibility index (Phi) is 2.59. The van der Waals surface area contributed by atoms with E-state index >= 15 is 0 Å². The summed E-state index contributed by atoms with van der Waals surface area (Å²) < 4.78 is 0. The van der Waals surface area contributed by atoms with Crippen molar-refractivity contribution >= 4 is 11.5 Å². The average Bonchev–Trinajstić information content (AvgIpc) is 2.29. The third-order valence-corrected chi connectivity index (χ3v) is 2.29. The molecule has 2 heteroatoms. The topological polar surface area (TPSA) is 40.9 Å². The van der Waals surface area contributed by atoms with Crippen molar-refractivity contribution in [1.29, 1.82) is 5.41 Å². The predicted octanol–water partition coefficient (Wildman–Crippen LogP) is 2.78. The maximum atomic E-state index is 11.9. The molecule has 15 heavy (non-hydrogen) atoms. The Bertz CT molecular complexity index is 455. The average molecular weight is 197 g/mol. The second kappa shape index (κ2) is 4.05. The highest BCUT2D eigenvalue weighted by Gasteiger charge is 2.12. The fourth-order valence-electron chi connectivity index (χ4n) is 1.54. The van der Waals surface area contributed by atoms with Crippen LogP contribution in [0.15, 0.2) is 54.1 Å². The van der Waals surface area contributed by atoms with Crippen LogP contribution in [0, 0.1) is 5.41 Å². The van der Waals surface area contributed by atoms with Gasteiger partial charge in [0.05, 0.1) is 5.71 Å². The van der Waals surface area contributed by atoms with Gasteiger partial charge in [-0.25, -0.2) is 0 Å². The van der Waals surface area contributed by atoms with E-state index in [-0.39, 0.29) is 5.78 Å². The Morgan fingerprint density at radius 1 is 1.20 bits per heavy atom. The Hall–Kier alpha value is -1.96. The number of allylic oxidation sites excluding steroid dienone is 4. The summed E-state index contributed by atoms with van der Waals surface area (Å²) in [6.45, 7) is 0. The minimum absolute atomic E-state index is 0.0182. The lowest BCUT2D eigenvalue weighted by atomic mass is 9.96. The number of benzene rings is 1. The fraction of sp³-hybridized carbons (Fsp3) is 0.0769. The van der Waals surface area contributed by atoms with Crippen LogP contribution < -0.4 is 0 Å². The summed E-state index contributed by atoms with van der Waals surface area (Å²) in [5.74, 6) is 0.0182. The molecule has 0 atom stereocenters. The van der Waals surface area contributed by atoms with Crippen molar-refractivity contribution in [2.75, 3.05) is 0 Å². The summed E-state index contributed by atoms with van der Waals surface area (Å²) in [7, 11) is 0. The molecule has 1 aliphatic rings. The number of hydrogen-bond acceptors (Lipinski definition) is 2. The van der Waals surface area contributed by atoms with Crippen LogP contribution in [0.1, 0.15) is 16.8 Å². The van der Waals surface area contributed by atoms with Crippen LogP contribution in [0.5, 0.6) is 0 Å². The van der Waals surface area contributed by atoms with Gasteiger partial charge < -0.3 is 5.41 Å². The molecular weight excluding hydrogens is 186 g/mol. The normalized spacial score (nSPS) is 14.9. The number of ketones is 1. The van der Waals surface area contributed by atoms with Gasteiger partial charge in [0.15, 0.2) is 5.78 Å². The maximum Gasteiger partial charge on any atom is 0.189 e. The monoisotopic (exact) mass is 197 g/mol. The second-order valence-corrected chi connectivity index (χ2v) is 3.43. The lowest BCUT2D eigenvalue weighted by molar-refractivity contribution is 0.103. The SMILES string of the molecule is N=C1C=CCC(C(=O)c2ccccc2)=C1. The van der Waals surface area contributed by atoms with Gasteiger partial charge in [0.25, 0.3) is 0 Å². The van der Waals surface area contributed by atoms with E-state index in [1.54, 1.807) is 24.3 Å². The molecule has 0 bridgehead atoms. The highest BCUT2D eigenvalue weighted by Crippen LogP contribution is 2.15. The van der Waals surface area contributed by atoms with E-state index in [0.29, 0.717) is 23.3 Å². The van der Waals surface area contributed by atoms with Crippen LogP contribution in [0.2, 0.25) is 0 Å². The molecule has 1 aliphatic carbocycles. The number of carbonyl (C=O) groups excluding carboxylic acids is 1. The molecular formula is C13H11NO. The molecule has 2 nitrogen and oxygen atoms in total. The van der Waals surface area contributed by atoms with Gasteiger partial charge in [0.1, 0.15) is 0 Å². The van der Waals surface area contributed by atoms with E-state index in [4.69, 9.17) is 5.41 Å². The standard InChI is InChI=1S/C13H11NO/c14-12-8-4-7-11(9-12)13(15)10-5-2-1-3-6-10/h1-6,8-9,14H,7H2. The van der Waals surface area contributed by atoms with Gasteiger partial charge >= 0.3 is 0 Å². The molecule has 0 amide bonds. The largest absolute Gasteiger partial charge is 0.301 e. The van der Waals surface area contributed by atoms with Crippen LogP contribution in [0.25, 0.3) is 0 Å². The zero-order valence-electron chi connectivity index (χ0n) is 8.23. The first-order chi connectivity index (χ1) is 7.27. The molecule has 0 aromatic heterocycles. The van der Waals surface area contributed by atoms with Crippen LogP contribution >= 0.6 is 0 Å². The van der Waals surface area contributed by atoms with Gasteiger partial charge in [-0.3, -0.25) is 4.79 Å². The first-order valence-electron chi connectivity index (χ1n) is 4.83. The molecule has 74 valence electrons. The highest BCUT2D eigenvalue weighted by atomic mass is 16.1. The molecule has 0 unspecified atom stereocenters. The summed E-state index contributed by atoms with van der Waals surface area (Å²) in [5.41, 5.74) is 1.76. The second-order valence-electron chi connectivity index (χ2n) is 3.43. The summed E-state index contributed by atoms with van der Waals surface area (Å²) in [5, 5.41) is 7.46. The summed E-state index contributed by atoms with van der Waals surface area (Å²) >= 11 is 0. The number of hydrogen-bond donors (Lipinski definition) is 1. The van der Waals surface area contributed by atoms with Gasteiger partial charge in [0, 0.05) is 11.1 Å². The van der Waals surface area contributed by atoms with Crippen molar-refractivity contribution in [1.82, 2.24) is 0 Å². The maximum absolute atomic E-state index is 11.9. The zero-order valence-corrected chi connectivity index (χ0v) is 8.23. The predicted molar refractivity (Wildman–Crippen MR) is 60.3 cm³/mol. The number of rotatable bonds is 2. The molecule has 0 saturated heterocycles. The molecule has 1 N–H and O–H groups in total. The smallest absolute Gasteiger partial charge is 0.189 e. The van der Waals surface area contributed by atoms with Crippen LogP contribution in [0.3, 0.4) is 0 Å². The van der Waals surface area contributed by atoms with E-state index in [9.17, 15) is 4.79 Å². The lowest BCUT2D eigenvalue weighted by Gasteiger charge is -2.07. The molecule has 0 radical (unpaired) electrons. The number of Topliss-reactive ketones (excluding diaryl/α,β-unsaturated/α-hetero) is 1. The van der Waals surface area contributed by atoms with Crippen molar-refractivity contribution in [3.05, 3.63) is 59.7 Å². The van der Waals surface area contributed by atoms with Gasteiger partial charge in [-0.2, -0.15) is 0 Å². The van der Waals surface area contributed by atoms with E-state index in [1.807, 2.05) is 24.3 Å². The van der Waals surface area contributed by atoms with E-state index in [1.165, 1.54) is 0 Å². The summed E-state index contributed by atoms with van der Waals surface area (Å²) in [4.78, 5) is 11.9. The lowest BCUT2D eigenvalue weighted by Crippen LogP contribution is -2.07. The summed E-state index contributed by atoms with van der Waals surface area (Å²) in [6, 6.07) is 9.17. The highest BCUT2D eigenvalue weighted by molar-refractivity contribution is 6.15. The first kappa shape index (κ1) is 9.59. The molecule has 0 spiro atoms. The van der Waals surface area contributed by atoms with Gasteiger partial charge in [-0.05, 0) is 18.6 Å². The van der Waals surface area contributed by atoms with E-state index in [0.717, 1.165) is 0 Å². The van der Waals surface area contributed by atoms with Gasteiger partial charge in [-0.1, -0.05) is 36.4 Å². The molecule has 0 fully saturated rings. The Morgan fingerprint density at radius 3 is 2.60 bits per heavy atom. The number of nitrogens with one attached hydrogen (secondary N) is 1. The Morgan fingerprint density at radius 2 is 1.93 bits per heavy atom. The van der Waals surface area contributed by atoms with Crippen molar-refractivity contribution in [3.8, 4) is 0 Å². The van der Waals surface area contributed by atoms with Crippen LogP contribution in [0.4, 0.5) is 0 Å². The van der Waals surface area contributed by atoms with Gasteiger partial charge in [0.2, 0.25) is 0 Å². The van der Waals surface area contributed by atoms with E-state index < -0.39 is 0 Å². The zero-order chi connectivity index (χ0) is 10.7. The van der Waals surface area contributed by atoms with Crippen molar-refractivity contribution in [2.24, 2.45) is 0 Å². The Labute approximate surface area is 88.4 Å². The first-order valence-corrected chi connectivity index (χ1v) is 4.83. The molecule has 2 rings (SSSR count). The third-order valence-electron chi connectivity index (χ3n) is 2.29. The third kappa shape index (κ3) is 2.10. The summed E-state index contributed by atoms with van der Waals surface area (Å²) in [6.07, 6.45) is 5.81. The molecule has 0 aliphatic heterocycles. The minimum Gasteiger partial charge on any atom is -0.301 e. The fourth-order valence-corrected chi connectivity index (χ4v) is 1.54. The minimum atomic E-state index is 0.0182. The van der Waals surface area contributed by atoms with Crippen LogP contribution in [-0.4, -0.2) is 11.5 Å². The quantitative estimate of drug-likeness (QED) is 0.727. The number of carbonyl (C=O) groups is 1. The Balaban J connectivity index is 2.26. The van der Waals surface area contributed by atoms with E-state index in [2.05, 4.69) is 0 Å². The van der Waals surface area contributed by atoms with Gasteiger partial charge in [-0.15, -0.1) is 0 Å². The molecule has 0 heterocycles. The van der Waals surface area contributed by atoms with Crippen molar-refractivity contribution in [3.63, 3.8) is 0 Å².